The number of hydrogen-bond acceptors (Lipinski definition) is 5. The first kappa shape index (κ1) is 14.5. The Morgan fingerprint density at radius 2 is 2.00 bits per heavy atom. The van der Waals surface area contributed by atoms with E-state index in [2.05, 4.69) is 15.3 Å². The number of rotatable bonds is 3. The van der Waals surface area contributed by atoms with Gasteiger partial charge in [0, 0.05) is 11.6 Å². The van der Waals surface area contributed by atoms with E-state index in [1.54, 1.807) is 24.3 Å². The van der Waals surface area contributed by atoms with Crippen LogP contribution in [0.3, 0.4) is 0 Å². The average Bonchev–Trinajstić information content (AvgIpc) is 2.48. The molecule has 2 rings (SSSR count). The summed E-state index contributed by atoms with van der Waals surface area (Å²) in [6, 6.07) is 8.56. The highest BCUT2D eigenvalue weighted by Crippen LogP contribution is 2.16. The summed E-state index contributed by atoms with van der Waals surface area (Å²) in [7, 11) is 0. The molecule has 0 atom stereocenters. The van der Waals surface area contributed by atoms with Gasteiger partial charge in [0.25, 0.3) is 5.91 Å². The number of carbonyl (C=O) groups is 1. The molecule has 6 nitrogen and oxygen atoms in total. The molecule has 1 aromatic carbocycles. The second-order valence-corrected chi connectivity index (χ2v) is 4.83. The van der Waals surface area contributed by atoms with Crippen molar-refractivity contribution < 1.29 is 4.79 Å². The van der Waals surface area contributed by atoms with Gasteiger partial charge in [-0.2, -0.15) is 5.26 Å². The minimum Gasteiger partial charge on any atom is -0.396 e. The number of nitriles is 1. The van der Waals surface area contributed by atoms with Crippen LogP contribution in [0, 0.1) is 11.3 Å². The van der Waals surface area contributed by atoms with Crippen molar-refractivity contribution in [2.24, 2.45) is 0 Å². The van der Waals surface area contributed by atoms with Gasteiger partial charge in [0.1, 0.15) is 5.82 Å². The van der Waals surface area contributed by atoms with Crippen molar-refractivity contribution in [3.63, 3.8) is 0 Å². The van der Waals surface area contributed by atoms with Gasteiger partial charge < -0.3 is 11.1 Å². The molecule has 1 heterocycles. The zero-order valence-corrected chi connectivity index (χ0v) is 11.8. The highest BCUT2D eigenvalue weighted by molar-refractivity contribution is 6.06. The highest BCUT2D eigenvalue weighted by Gasteiger charge is 2.15. The van der Waals surface area contributed by atoms with Gasteiger partial charge in [-0.1, -0.05) is 13.8 Å². The van der Waals surface area contributed by atoms with Gasteiger partial charge in [-0.25, -0.2) is 9.97 Å². The van der Waals surface area contributed by atoms with E-state index in [-0.39, 0.29) is 17.3 Å². The first-order valence-electron chi connectivity index (χ1n) is 6.45. The topological polar surface area (TPSA) is 105 Å². The summed E-state index contributed by atoms with van der Waals surface area (Å²) in [5, 5.41) is 11.4. The van der Waals surface area contributed by atoms with Crippen LogP contribution in [-0.2, 0) is 0 Å². The summed E-state index contributed by atoms with van der Waals surface area (Å²) in [5.41, 5.74) is 7.24. The van der Waals surface area contributed by atoms with Crippen molar-refractivity contribution in [2.75, 3.05) is 11.1 Å². The van der Waals surface area contributed by atoms with E-state index >= 15 is 0 Å². The number of nitrogens with zero attached hydrogens (tertiary/aromatic N) is 3. The SMILES string of the molecule is CC(C)c1ncc(N)c(C(=O)Nc2ccc(C#N)cc2)n1. The molecule has 0 bridgehead atoms. The number of carbonyl (C=O) groups excluding carboxylic acids is 1. The van der Waals surface area contributed by atoms with Crippen LogP contribution in [0.2, 0.25) is 0 Å². The first-order valence-corrected chi connectivity index (χ1v) is 6.45. The fourth-order valence-corrected chi connectivity index (χ4v) is 1.68. The molecule has 0 unspecified atom stereocenters. The van der Waals surface area contributed by atoms with E-state index in [4.69, 9.17) is 11.0 Å². The molecule has 0 aliphatic carbocycles. The Balaban J connectivity index is 2.23. The third-order valence-electron chi connectivity index (χ3n) is 2.84. The minimum absolute atomic E-state index is 0.104. The average molecular weight is 281 g/mol. The Morgan fingerprint density at radius 3 is 2.57 bits per heavy atom. The molecule has 0 aliphatic rings. The number of hydrogen-bond donors (Lipinski definition) is 2. The van der Waals surface area contributed by atoms with Gasteiger partial charge in [-0.3, -0.25) is 4.79 Å². The third-order valence-corrected chi connectivity index (χ3v) is 2.84. The van der Waals surface area contributed by atoms with E-state index < -0.39 is 5.91 Å². The predicted molar refractivity (Wildman–Crippen MR) is 79.6 cm³/mol. The van der Waals surface area contributed by atoms with E-state index in [9.17, 15) is 4.79 Å². The fraction of sp³-hybridized carbons (Fsp3) is 0.200. The largest absolute Gasteiger partial charge is 0.396 e. The molecule has 0 aliphatic heterocycles. The number of anilines is 2. The molecule has 0 saturated carbocycles. The molecular weight excluding hydrogens is 266 g/mol. The number of nitrogens with two attached hydrogens (primary N) is 1. The van der Waals surface area contributed by atoms with Crippen LogP contribution in [0.5, 0.6) is 0 Å². The van der Waals surface area contributed by atoms with E-state index in [0.717, 1.165) is 0 Å². The Labute approximate surface area is 122 Å². The van der Waals surface area contributed by atoms with E-state index in [1.165, 1.54) is 6.20 Å². The van der Waals surface area contributed by atoms with Gasteiger partial charge in [0.05, 0.1) is 23.5 Å². The number of nitrogen functional groups attached to an aromatic ring is 1. The Hall–Kier alpha value is -2.94. The lowest BCUT2D eigenvalue weighted by molar-refractivity contribution is 0.102. The van der Waals surface area contributed by atoms with E-state index in [0.29, 0.717) is 17.1 Å². The number of amides is 1. The monoisotopic (exact) mass is 281 g/mol. The summed E-state index contributed by atoms with van der Waals surface area (Å²) in [4.78, 5) is 20.5. The van der Waals surface area contributed by atoms with Gasteiger partial charge in [-0.05, 0) is 24.3 Å². The maximum atomic E-state index is 12.2. The lowest BCUT2D eigenvalue weighted by Crippen LogP contribution is -2.17. The predicted octanol–water partition coefficient (Wildman–Crippen LogP) is 2.31. The van der Waals surface area contributed by atoms with Crippen molar-refractivity contribution in [1.29, 1.82) is 5.26 Å². The molecule has 0 spiro atoms. The molecule has 2 aromatic rings. The fourth-order valence-electron chi connectivity index (χ4n) is 1.68. The van der Waals surface area contributed by atoms with E-state index in [1.807, 2.05) is 19.9 Å². The van der Waals surface area contributed by atoms with Crippen molar-refractivity contribution in [3.05, 3.63) is 47.5 Å². The van der Waals surface area contributed by atoms with Crippen LogP contribution in [-0.4, -0.2) is 15.9 Å². The molecule has 6 heteroatoms. The first-order chi connectivity index (χ1) is 10.0. The standard InChI is InChI=1S/C15H15N5O/c1-9(2)14-18-8-12(17)13(20-14)15(21)19-11-5-3-10(7-16)4-6-11/h3-6,8-9H,17H2,1-2H3,(H,19,21). The lowest BCUT2D eigenvalue weighted by atomic mass is 10.2. The molecule has 1 amide bonds. The molecule has 0 saturated heterocycles. The maximum absolute atomic E-state index is 12.2. The third kappa shape index (κ3) is 3.34. The summed E-state index contributed by atoms with van der Waals surface area (Å²) >= 11 is 0. The van der Waals surface area contributed by atoms with Gasteiger partial charge in [-0.15, -0.1) is 0 Å². The van der Waals surface area contributed by atoms with Crippen LogP contribution in [0.1, 0.15) is 41.6 Å². The number of nitrogens with one attached hydrogen (secondary N) is 1. The van der Waals surface area contributed by atoms with Gasteiger partial charge >= 0.3 is 0 Å². The smallest absolute Gasteiger partial charge is 0.276 e. The van der Waals surface area contributed by atoms with Crippen LogP contribution >= 0.6 is 0 Å². The van der Waals surface area contributed by atoms with Crippen LogP contribution < -0.4 is 11.1 Å². The summed E-state index contributed by atoms with van der Waals surface area (Å²) in [5.74, 6) is 0.266. The normalized spacial score (nSPS) is 10.2. The quantitative estimate of drug-likeness (QED) is 0.898. The summed E-state index contributed by atoms with van der Waals surface area (Å²) in [6.07, 6.45) is 1.44. The lowest BCUT2D eigenvalue weighted by Gasteiger charge is -2.09. The van der Waals surface area contributed by atoms with Crippen molar-refractivity contribution in [1.82, 2.24) is 9.97 Å². The van der Waals surface area contributed by atoms with Crippen molar-refractivity contribution in [2.45, 2.75) is 19.8 Å². The zero-order valence-electron chi connectivity index (χ0n) is 11.8. The zero-order chi connectivity index (χ0) is 15.4. The van der Waals surface area contributed by atoms with Crippen LogP contribution in [0.25, 0.3) is 0 Å². The second-order valence-electron chi connectivity index (χ2n) is 4.83. The number of aromatic nitrogens is 2. The molecule has 106 valence electrons. The number of benzene rings is 1. The Morgan fingerprint density at radius 1 is 1.33 bits per heavy atom. The van der Waals surface area contributed by atoms with Crippen LogP contribution in [0.4, 0.5) is 11.4 Å². The highest BCUT2D eigenvalue weighted by atomic mass is 16.1. The maximum Gasteiger partial charge on any atom is 0.276 e. The van der Waals surface area contributed by atoms with Crippen molar-refractivity contribution in [3.8, 4) is 6.07 Å². The van der Waals surface area contributed by atoms with Gasteiger partial charge in [0.2, 0.25) is 0 Å². The molecule has 3 N–H and O–H groups in total. The molecule has 21 heavy (non-hydrogen) atoms. The molecule has 0 radical (unpaired) electrons. The Kier molecular flexibility index (Phi) is 4.14. The van der Waals surface area contributed by atoms with Crippen molar-refractivity contribution >= 4 is 17.3 Å². The molecule has 1 aromatic heterocycles. The Bertz CT molecular complexity index is 701. The summed E-state index contributed by atoms with van der Waals surface area (Å²) in [6.45, 7) is 3.88. The minimum atomic E-state index is -0.401. The van der Waals surface area contributed by atoms with Gasteiger partial charge in [0.15, 0.2) is 5.69 Å². The summed E-state index contributed by atoms with van der Waals surface area (Å²) < 4.78 is 0. The molecule has 0 fully saturated rings. The van der Waals surface area contributed by atoms with Crippen LogP contribution in [0.15, 0.2) is 30.5 Å². The second kappa shape index (κ2) is 6.01. The molecular formula is C15H15N5O.